The van der Waals surface area contributed by atoms with Gasteiger partial charge in [0.15, 0.2) is 0 Å². The molecule has 1 aliphatic heterocycles. The average molecular weight is 511 g/mol. The Kier molecular flexibility index (Phi) is 7.64. The molecule has 2 heterocycles. The Morgan fingerprint density at radius 2 is 1.92 bits per heavy atom. The monoisotopic (exact) mass is 510 g/mol. The van der Waals surface area contributed by atoms with Gasteiger partial charge in [0, 0.05) is 23.0 Å². The number of carbonyl (C=O) groups excluding carboxylic acids is 2. The van der Waals surface area contributed by atoms with Gasteiger partial charge in [0.2, 0.25) is 5.91 Å². The molecule has 2 amide bonds. The number of rotatable bonds is 7. The van der Waals surface area contributed by atoms with Gasteiger partial charge in [0.1, 0.15) is 30.5 Å². The zero-order valence-corrected chi connectivity index (χ0v) is 21.8. The van der Waals surface area contributed by atoms with Crippen molar-refractivity contribution in [2.75, 3.05) is 26.8 Å². The van der Waals surface area contributed by atoms with E-state index in [1.807, 2.05) is 32.2 Å². The van der Waals surface area contributed by atoms with Gasteiger partial charge in [-0.05, 0) is 68.5 Å². The zero-order valence-electron chi connectivity index (χ0n) is 21.0. The maximum Gasteiger partial charge on any atom is 0.258 e. The second-order valence-electron chi connectivity index (χ2n) is 9.68. The number of amides is 2. The van der Waals surface area contributed by atoms with Gasteiger partial charge in [0.05, 0.1) is 18.7 Å². The Morgan fingerprint density at radius 3 is 2.64 bits per heavy atom. The summed E-state index contributed by atoms with van der Waals surface area (Å²) in [5.41, 5.74) is 0.839. The molecule has 1 aromatic heterocycles. The van der Waals surface area contributed by atoms with E-state index < -0.39 is 5.54 Å². The average Bonchev–Trinajstić information content (AvgIpc) is 3.34. The fraction of sp³-hybridized carbons (Fsp3) is 0.357. The zero-order chi connectivity index (χ0) is 25.9. The molecule has 0 spiro atoms. The first-order chi connectivity index (χ1) is 17.2. The highest BCUT2D eigenvalue weighted by Crippen LogP contribution is 2.34. The minimum atomic E-state index is -0.607. The molecular formula is C28H31FN2O4S. The Balaban J connectivity index is 1.58. The number of benzene rings is 2. The van der Waals surface area contributed by atoms with Crippen LogP contribution < -0.4 is 9.47 Å². The van der Waals surface area contributed by atoms with Crippen LogP contribution in [0.25, 0.3) is 0 Å². The van der Waals surface area contributed by atoms with Crippen LogP contribution in [0.4, 0.5) is 4.39 Å². The van der Waals surface area contributed by atoms with Gasteiger partial charge >= 0.3 is 0 Å². The van der Waals surface area contributed by atoms with Crippen LogP contribution in [0, 0.1) is 5.82 Å². The van der Waals surface area contributed by atoms with Crippen LogP contribution in [0.1, 0.15) is 47.6 Å². The molecule has 3 aromatic rings. The summed E-state index contributed by atoms with van der Waals surface area (Å²) < 4.78 is 25.0. The standard InChI is InChI=1S/C28H31FN2O4S/c1-28(2,3)31(27(33)22-10-5-6-11-24(22)34-4)17-26(32)30-14-12-25-21(13-15-36-25)23(30)18-35-20-9-7-8-19(29)16-20/h5-11,13,15-16,23H,12,14,17-18H2,1-4H3/t23-/m0/s1. The molecule has 1 aliphatic rings. The first-order valence-corrected chi connectivity index (χ1v) is 12.8. The molecule has 4 rings (SSSR count). The van der Waals surface area contributed by atoms with Crippen LogP contribution in [0.3, 0.4) is 0 Å². The number of hydrogen-bond donors (Lipinski definition) is 0. The number of hydrogen-bond acceptors (Lipinski definition) is 5. The van der Waals surface area contributed by atoms with E-state index in [9.17, 15) is 14.0 Å². The van der Waals surface area contributed by atoms with Crippen molar-refractivity contribution in [1.82, 2.24) is 9.80 Å². The summed E-state index contributed by atoms with van der Waals surface area (Å²) in [4.78, 5) is 31.9. The molecule has 6 nitrogen and oxygen atoms in total. The largest absolute Gasteiger partial charge is 0.496 e. The molecule has 1 atom stereocenters. The summed E-state index contributed by atoms with van der Waals surface area (Å²) in [7, 11) is 1.52. The lowest BCUT2D eigenvalue weighted by Gasteiger charge is -2.40. The van der Waals surface area contributed by atoms with Gasteiger partial charge in [-0.1, -0.05) is 18.2 Å². The summed E-state index contributed by atoms with van der Waals surface area (Å²) in [5, 5.41) is 2.01. The van der Waals surface area contributed by atoms with Crippen molar-refractivity contribution in [1.29, 1.82) is 0 Å². The van der Waals surface area contributed by atoms with E-state index in [1.165, 1.54) is 24.1 Å². The highest BCUT2D eigenvalue weighted by atomic mass is 32.1. The molecule has 36 heavy (non-hydrogen) atoms. The van der Waals surface area contributed by atoms with Crippen LogP contribution in [-0.2, 0) is 11.2 Å². The lowest BCUT2D eigenvalue weighted by molar-refractivity contribution is -0.136. The minimum absolute atomic E-state index is 0.0870. The second kappa shape index (κ2) is 10.7. The predicted molar refractivity (Wildman–Crippen MR) is 138 cm³/mol. The number of ether oxygens (including phenoxy) is 2. The number of halogens is 1. The summed E-state index contributed by atoms with van der Waals surface area (Å²) in [6.07, 6.45) is 0.741. The normalized spacial score (nSPS) is 15.2. The molecule has 0 saturated heterocycles. The SMILES string of the molecule is COc1ccccc1C(=O)N(CC(=O)N1CCc2sccc2[C@@H]1COc1cccc(F)c1)C(C)(C)C. The third-order valence-electron chi connectivity index (χ3n) is 6.30. The fourth-order valence-corrected chi connectivity index (χ4v) is 5.34. The number of fused-ring (bicyclic) bond motifs is 1. The molecular weight excluding hydrogens is 479 g/mol. The van der Waals surface area contributed by atoms with Crippen LogP contribution in [0.5, 0.6) is 11.5 Å². The quantitative estimate of drug-likeness (QED) is 0.431. The molecule has 0 N–H and O–H groups in total. The van der Waals surface area contributed by atoms with E-state index in [0.717, 1.165) is 12.0 Å². The molecule has 0 radical (unpaired) electrons. The van der Waals surface area contributed by atoms with E-state index in [2.05, 4.69) is 0 Å². The summed E-state index contributed by atoms with van der Waals surface area (Å²) >= 11 is 1.66. The van der Waals surface area contributed by atoms with E-state index in [1.54, 1.807) is 57.5 Å². The molecule has 0 aliphatic carbocycles. The number of para-hydroxylation sites is 1. The molecule has 0 unspecified atom stereocenters. The van der Waals surface area contributed by atoms with Crippen LogP contribution in [-0.4, -0.2) is 54.0 Å². The van der Waals surface area contributed by atoms with Gasteiger partial charge in [-0.25, -0.2) is 4.39 Å². The topological polar surface area (TPSA) is 59.1 Å². The number of carbonyl (C=O) groups is 2. The van der Waals surface area contributed by atoms with E-state index in [0.29, 0.717) is 23.6 Å². The number of thiophene rings is 1. The van der Waals surface area contributed by atoms with Crippen molar-refractivity contribution in [3.63, 3.8) is 0 Å². The molecule has 0 fully saturated rings. The van der Waals surface area contributed by atoms with Crippen LogP contribution in [0.2, 0.25) is 0 Å². The van der Waals surface area contributed by atoms with Gasteiger partial charge in [-0.15, -0.1) is 11.3 Å². The van der Waals surface area contributed by atoms with E-state index in [-0.39, 0.29) is 36.8 Å². The Bertz CT molecular complexity index is 1240. The number of nitrogens with zero attached hydrogens (tertiary/aromatic N) is 2. The first-order valence-electron chi connectivity index (χ1n) is 11.9. The lowest BCUT2D eigenvalue weighted by atomic mass is 9.99. The molecule has 8 heteroatoms. The molecule has 2 aromatic carbocycles. The molecule has 190 valence electrons. The minimum Gasteiger partial charge on any atom is -0.496 e. The third-order valence-corrected chi connectivity index (χ3v) is 7.30. The summed E-state index contributed by atoms with van der Waals surface area (Å²) in [6, 6.07) is 14.7. The van der Waals surface area contributed by atoms with E-state index >= 15 is 0 Å². The second-order valence-corrected chi connectivity index (χ2v) is 10.7. The highest BCUT2D eigenvalue weighted by Gasteiger charge is 2.36. The predicted octanol–water partition coefficient (Wildman–Crippen LogP) is 5.34. The number of methoxy groups -OCH3 is 1. The first kappa shape index (κ1) is 25.7. The van der Waals surface area contributed by atoms with Gasteiger partial charge < -0.3 is 19.3 Å². The van der Waals surface area contributed by atoms with Gasteiger partial charge in [-0.3, -0.25) is 9.59 Å². The van der Waals surface area contributed by atoms with Crippen LogP contribution in [0.15, 0.2) is 60.0 Å². The van der Waals surface area contributed by atoms with Crippen molar-refractivity contribution in [2.45, 2.75) is 38.8 Å². The van der Waals surface area contributed by atoms with Crippen molar-refractivity contribution in [3.8, 4) is 11.5 Å². The van der Waals surface area contributed by atoms with Crippen molar-refractivity contribution in [3.05, 3.63) is 81.8 Å². The van der Waals surface area contributed by atoms with Crippen molar-refractivity contribution in [2.24, 2.45) is 0 Å². The van der Waals surface area contributed by atoms with Gasteiger partial charge in [0.25, 0.3) is 5.91 Å². The van der Waals surface area contributed by atoms with Crippen LogP contribution >= 0.6 is 11.3 Å². The van der Waals surface area contributed by atoms with E-state index in [4.69, 9.17) is 9.47 Å². The lowest BCUT2D eigenvalue weighted by Crippen LogP contribution is -2.53. The molecule has 0 bridgehead atoms. The molecule has 0 saturated carbocycles. The third kappa shape index (κ3) is 5.54. The highest BCUT2D eigenvalue weighted by molar-refractivity contribution is 7.10. The smallest absolute Gasteiger partial charge is 0.258 e. The maximum atomic E-state index is 13.7. The summed E-state index contributed by atoms with van der Waals surface area (Å²) in [6.45, 7) is 6.34. The Hall–Kier alpha value is -3.39. The van der Waals surface area contributed by atoms with Gasteiger partial charge in [-0.2, -0.15) is 0 Å². The van der Waals surface area contributed by atoms with Crippen molar-refractivity contribution < 1.29 is 23.5 Å². The summed E-state index contributed by atoms with van der Waals surface area (Å²) in [5.74, 6) is 0.0572. The Labute approximate surface area is 215 Å². The maximum absolute atomic E-state index is 13.7. The Morgan fingerprint density at radius 1 is 1.14 bits per heavy atom. The van der Waals surface area contributed by atoms with Crippen molar-refractivity contribution >= 4 is 23.2 Å². The fourth-order valence-electron chi connectivity index (χ4n) is 4.41.